The molecular weight excluding hydrogens is 274 g/mol. The Bertz CT molecular complexity index is 628. The summed E-state index contributed by atoms with van der Waals surface area (Å²) < 4.78 is 11.3. The predicted octanol–water partition coefficient (Wildman–Crippen LogP) is 4.49. The second-order valence-corrected chi connectivity index (χ2v) is 6.11. The first-order valence-electron chi connectivity index (χ1n) is 7.38. The van der Waals surface area contributed by atoms with E-state index in [4.69, 9.17) is 9.47 Å². The lowest BCUT2D eigenvalue weighted by molar-refractivity contribution is 0.284. The summed E-state index contributed by atoms with van der Waals surface area (Å²) in [5.74, 6) is 1.45. The van der Waals surface area contributed by atoms with Gasteiger partial charge in [0.15, 0.2) is 11.5 Å². The normalized spacial score (nSPS) is 11.6. The molecule has 2 aromatic rings. The van der Waals surface area contributed by atoms with Crippen LogP contribution in [0, 0.1) is 0 Å². The minimum Gasteiger partial charge on any atom is -0.493 e. The van der Waals surface area contributed by atoms with Gasteiger partial charge in [-0.2, -0.15) is 0 Å². The second-order valence-electron chi connectivity index (χ2n) is 6.11. The molecule has 0 aromatic heterocycles. The van der Waals surface area contributed by atoms with Crippen molar-refractivity contribution in [1.82, 2.24) is 0 Å². The minimum atomic E-state index is -0.0923. The molecule has 0 spiro atoms. The van der Waals surface area contributed by atoms with Crippen LogP contribution in [0.15, 0.2) is 53.5 Å². The lowest BCUT2D eigenvalue weighted by Crippen LogP contribution is -2.09. The Morgan fingerprint density at radius 1 is 1.00 bits per heavy atom. The predicted molar refractivity (Wildman–Crippen MR) is 91.1 cm³/mol. The molecule has 3 heteroatoms. The van der Waals surface area contributed by atoms with Gasteiger partial charge in [-0.3, -0.25) is 4.99 Å². The van der Waals surface area contributed by atoms with Crippen LogP contribution in [-0.4, -0.2) is 18.9 Å². The monoisotopic (exact) mass is 297 g/mol. The molecule has 3 nitrogen and oxygen atoms in total. The molecule has 0 aliphatic carbocycles. The minimum absolute atomic E-state index is 0.0923. The maximum atomic E-state index is 5.90. The van der Waals surface area contributed by atoms with Crippen LogP contribution in [-0.2, 0) is 6.61 Å². The zero-order valence-corrected chi connectivity index (χ0v) is 13.7. The summed E-state index contributed by atoms with van der Waals surface area (Å²) in [6, 6.07) is 15.9. The van der Waals surface area contributed by atoms with E-state index in [1.165, 1.54) is 0 Å². The van der Waals surface area contributed by atoms with E-state index >= 15 is 0 Å². The van der Waals surface area contributed by atoms with Crippen LogP contribution in [0.25, 0.3) is 0 Å². The van der Waals surface area contributed by atoms with Crippen molar-refractivity contribution in [2.24, 2.45) is 4.99 Å². The lowest BCUT2D eigenvalue weighted by atomic mass is 10.1. The van der Waals surface area contributed by atoms with E-state index in [2.05, 4.69) is 25.8 Å². The van der Waals surface area contributed by atoms with Crippen LogP contribution in [0.5, 0.6) is 11.5 Å². The number of rotatable bonds is 5. The summed E-state index contributed by atoms with van der Waals surface area (Å²) >= 11 is 0. The quantitative estimate of drug-likeness (QED) is 0.761. The molecule has 0 bridgehead atoms. The van der Waals surface area contributed by atoms with Gasteiger partial charge in [0.25, 0.3) is 0 Å². The highest BCUT2D eigenvalue weighted by atomic mass is 16.5. The number of ether oxygens (including phenoxy) is 2. The molecule has 0 unspecified atom stereocenters. The average Bonchev–Trinajstić information content (AvgIpc) is 2.51. The van der Waals surface area contributed by atoms with Gasteiger partial charge >= 0.3 is 0 Å². The molecule has 22 heavy (non-hydrogen) atoms. The zero-order valence-electron chi connectivity index (χ0n) is 13.7. The fourth-order valence-corrected chi connectivity index (χ4v) is 1.89. The van der Waals surface area contributed by atoms with Crippen molar-refractivity contribution in [3.63, 3.8) is 0 Å². The molecule has 0 saturated heterocycles. The third-order valence-electron chi connectivity index (χ3n) is 3.03. The fraction of sp³-hybridized carbons (Fsp3) is 0.316. The van der Waals surface area contributed by atoms with E-state index in [9.17, 15) is 0 Å². The van der Waals surface area contributed by atoms with Crippen molar-refractivity contribution in [2.75, 3.05) is 7.11 Å². The molecule has 0 fully saturated rings. The van der Waals surface area contributed by atoms with Crippen molar-refractivity contribution in [2.45, 2.75) is 32.9 Å². The molecule has 0 heterocycles. The number of nitrogens with zero attached hydrogens (tertiary/aromatic N) is 1. The van der Waals surface area contributed by atoms with Crippen molar-refractivity contribution in [3.05, 3.63) is 59.7 Å². The van der Waals surface area contributed by atoms with E-state index in [-0.39, 0.29) is 5.54 Å². The summed E-state index contributed by atoms with van der Waals surface area (Å²) in [5, 5.41) is 0. The maximum Gasteiger partial charge on any atom is 0.162 e. The summed E-state index contributed by atoms with van der Waals surface area (Å²) in [5.41, 5.74) is 2.03. The first-order valence-corrected chi connectivity index (χ1v) is 7.38. The van der Waals surface area contributed by atoms with Gasteiger partial charge in [0.2, 0.25) is 0 Å². The zero-order chi connectivity index (χ0) is 16.0. The molecule has 0 N–H and O–H groups in total. The molecule has 0 atom stereocenters. The highest BCUT2D eigenvalue weighted by Crippen LogP contribution is 2.28. The Balaban J connectivity index is 2.16. The van der Waals surface area contributed by atoms with Gasteiger partial charge < -0.3 is 9.47 Å². The number of methoxy groups -OCH3 is 1. The fourth-order valence-electron chi connectivity index (χ4n) is 1.89. The molecular formula is C19H23NO2. The summed E-state index contributed by atoms with van der Waals surface area (Å²) in [4.78, 5) is 4.52. The average molecular weight is 297 g/mol. The van der Waals surface area contributed by atoms with E-state index in [0.717, 1.165) is 22.6 Å². The molecule has 0 aliphatic heterocycles. The van der Waals surface area contributed by atoms with Crippen LogP contribution in [0.1, 0.15) is 31.9 Å². The number of aliphatic imine (C=N–C) groups is 1. The van der Waals surface area contributed by atoms with E-state index in [0.29, 0.717) is 6.61 Å². The van der Waals surface area contributed by atoms with E-state index in [1.807, 2.05) is 54.7 Å². The Labute approximate surface area is 132 Å². The summed E-state index contributed by atoms with van der Waals surface area (Å²) in [6.45, 7) is 6.72. The first-order chi connectivity index (χ1) is 10.5. The van der Waals surface area contributed by atoms with Gasteiger partial charge in [-0.25, -0.2) is 0 Å². The number of hydrogen-bond acceptors (Lipinski definition) is 3. The standard InChI is InChI=1S/C19H23NO2/c1-19(2,3)20-13-16-10-11-17(21-4)18(12-16)22-14-15-8-6-5-7-9-15/h5-13H,14H2,1-4H3. The molecule has 2 aromatic carbocycles. The van der Waals surface area contributed by atoms with Crippen molar-refractivity contribution < 1.29 is 9.47 Å². The highest BCUT2D eigenvalue weighted by molar-refractivity contribution is 5.81. The molecule has 116 valence electrons. The molecule has 0 radical (unpaired) electrons. The third kappa shape index (κ3) is 4.92. The Morgan fingerprint density at radius 3 is 2.36 bits per heavy atom. The van der Waals surface area contributed by atoms with Crippen LogP contribution in [0.2, 0.25) is 0 Å². The third-order valence-corrected chi connectivity index (χ3v) is 3.03. The Kier molecular flexibility index (Phi) is 5.21. The molecule has 2 rings (SSSR count). The second kappa shape index (κ2) is 7.12. The Morgan fingerprint density at radius 2 is 1.73 bits per heavy atom. The van der Waals surface area contributed by atoms with Crippen LogP contribution < -0.4 is 9.47 Å². The van der Waals surface area contributed by atoms with Crippen LogP contribution >= 0.6 is 0 Å². The first kappa shape index (κ1) is 16.1. The topological polar surface area (TPSA) is 30.8 Å². The van der Waals surface area contributed by atoms with Crippen LogP contribution in [0.3, 0.4) is 0 Å². The number of hydrogen-bond donors (Lipinski definition) is 0. The van der Waals surface area contributed by atoms with Gasteiger partial charge in [-0.15, -0.1) is 0 Å². The highest BCUT2D eigenvalue weighted by Gasteiger charge is 2.08. The van der Waals surface area contributed by atoms with Gasteiger partial charge in [0.05, 0.1) is 12.6 Å². The SMILES string of the molecule is COc1ccc(C=NC(C)(C)C)cc1OCc1ccccc1. The summed E-state index contributed by atoms with van der Waals surface area (Å²) in [6.07, 6.45) is 1.87. The van der Waals surface area contributed by atoms with Gasteiger partial charge in [-0.1, -0.05) is 30.3 Å². The van der Waals surface area contributed by atoms with Gasteiger partial charge in [0.1, 0.15) is 6.61 Å². The van der Waals surface area contributed by atoms with Crippen molar-refractivity contribution in [1.29, 1.82) is 0 Å². The Hall–Kier alpha value is -2.29. The number of benzene rings is 2. The maximum absolute atomic E-state index is 5.90. The largest absolute Gasteiger partial charge is 0.493 e. The van der Waals surface area contributed by atoms with Crippen molar-refractivity contribution in [3.8, 4) is 11.5 Å². The van der Waals surface area contributed by atoms with Crippen molar-refractivity contribution >= 4 is 6.21 Å². The molecule has 0 saturated carbocycles. The molecule has 0 aliphatic rings. The van der Waals surface area contributed by atoms with Gasteiger partial charge in [0, 0.05) is 6.21 Å². The molecule has 0 amide bonds. The van der Waals surface area contributed by atoms with Gasteiger partial charge in [-0.05, 0) is 50.1 Å². The smallest absolute Gasteiger partial charge is 0.162 e. The lowest BCUT2D eigenvalue weighted by Gasteiger charge is -2.13. The summed E-state index contributed by atoms with van der Waals surface area (Å²) in [7, 11) is 1.65. The van der Waals surface area contributed by atoms with Crippen LogP contribution in [0.4, 0.5) is 0 Å². The van der Waals surface area contributed by atoms with E-state index < -0.39 is 0 Å². The van der Waals surface area contributed by atoms with E-state index in [1.54, 1.807) is 7.11 Å².